The third-order valence-corrected chi connectivity index (χ3v) is 2.22. The molecule has 3 heteroatoms. The van der Waals surface area contributed by atoms with Crippen molar-refractivity contribution in [2.75, 3.05) is 0 Å². The van der Waals surface area contributed by atoms with Crippen molar-refractivity contribution in [1.29, 1.82) is 0 Å². The van der Waals surface area contributed by atoms with E-state index in [1.54, 1.807) is 10.8 Å². The van der Waals surface area contributed by atoms with Gasteiger partial charge in [-0.3, -0.25) is 0 Å². The zero-order chi connectivity index (χ0) is 10.7. The maximum atomic E-state index is 9.08. The standard InChI is InChI=1S/C12H12N2O/c1-2-14-8-11(13-12(14)9-15)10-6-4-3-5-7-10/h2-8,15H,1,9H2. The average molecular weight is 200 g/mol. The summed E-state index contributed by atoms with van der Waals surface area (Å²) in [6.07, 6.45) is 3.48. The molecule has 15 heavy (non-hydrogen) atoms. The van der Waals surface area contributed by atoms with Crippen LogP contribution >= 0.6 is 0 Å². The Balaban J connectivity index is 2.46. The van der Waals surface area contributed by atoms with Crippen LogP contribution in [0.15, 0.2) is 43.1 Å². The summed E-state index contributed by atoms with van der Waals surface area (Å²) in [7, 11) is 0. The van der Waals surface area contributed by atoms with E-state index in [2.05, 4.69) is 11.6 Å². The normalized spacial score (nSPS) is 10.2. The molecule has 1 heterocycles. The molecule has 76 valence electrons. The van der Waals surface area contributed by atoms with E-state index in [1.165, 1.54) is 0 Å². The first-order valence-electron chi connectivity index (χ1n) is 4.71. The molecule has 1 N–H and O–H groups in total. The van der Waals surface area contributed by atoms with E-state index in [0.717, 1.165) is 11.3 Å². The number of rotatable bonds is 3. The third kappa shape index (κ3) is 1.82. The maximum Gasteiger partial charge on any atom is 0.139 e. The molecular weight excluding hydrogens is 188 g/mol. The zero-order valence-corrected chi connectivity index (χ0v) is 8.30. The van der Waals surface area contributed by atoms with Gasteiger partial charge in [0.05, 0.1) is 5.69 Å². The van der Waals surface area contributed by atoms with E-state index in [-0.39, 0.29) is 6.61 Å². The highest BCUT2D eigenvalue weighted by Gasteiger charge is 2.05. The zero-order valence-electron chi connectivity index (χ0n) is 8.30. The van der Waals surface area contributed by atoms with Crippen LogP contribution in [-0.2, 0) is 6.61 Å². The summed E-state index contributed by atoms with van der Waals surface area (Å²) < 4.78 is 1.72. The SMILES string of the molecule is C=Cn1cc(-c2ccccc2)nc1CO. The second-order valence-corrected chi connectivity index (χ2v) is 3.16. The van der Waals surface area contributed by atoms with Crippen molar-refractivity contribution < 1.29 is 5.11 Å². The molecule has 0 fully saturated rings. The quantitative estimate of drug-likeness (QED) is 0.824. The number of nitrogens with zero attached hydrogens (tertiary/aromatic N) is 2. The largest absolute Gasteiger partial charge is 0.388 e. The predicted molar refractivity (Wildman–Crippen MR) is 60.0 cm³/mol. The van der Waals surface area contributed by atoms with Gasteiger partial charge in [0.1, 0.15) is 12.4 Å². The minimum atomic E-state index is -0.0845. The molecule has 0 spiro atoms. The Hall–Kier alpha value is -1.87. The Morgan fingerprint density at radius 1 is 1.33 bits per heavy atom. The van der Waals surface area contributed by atoms with Gasteiger partial charge in [-0.05, 0) is 0 Å². The summed E-state index contributed by atoms with van der Waals surface area (Å²) in [5, 5.41) is 9.08. The van der Waals surface area contributed by atoms with E-state index in [1.807, 2.05) is 36.5 Å². The molecule has 0 bridgehead atoms. The second kappa shape index (κ2) is 4.11. The minimum Gasteiger partial charge on any atom is -0.388 e. The lowest BCUT2D eigenvalue weighted by Gasteiger charge is -1.94. The Bertz CT molecular complexity index is 460. The monoisotopic (exact) mass is 200 g/mol. The number of benzene rings is 1. The number of aliphatic hydroxyl groups excluding tert-OH is 1. The van der Waals surface area contributed by atoms with Crippen LogP contribution in [0.3, 0.4) is 0 Å². The minimum absolute atomic E-state index is 0.0845. The fraction of sp³-hybridized carbons (Fsp3) is 0.0833. The van der Waals surface area contributed by atoms with Crippen molar-refractivity contribution in [2.45, 2.75) is 6.61 Å². The molecule has 0 unspecified atom stereocenters. The van der Waals surface area contributed by atoms with Crippen LogP contribution in [0.4, 0.5) is 0 Å². The highest BCUT2D eigenvalue weighted by molar-refractivity contribution is 5.59. The number of hydrogen-bond acceptors (Lipinski definition) is 2. The molecule has 0 aliphatic heterocycles. The molecule has 0 saturated heterocycles. The first kappa shape index (κ1) is 9.68. The molecule has 0 aliphatic rings. The van der Waals surface area contributed by atoms with Crippen LogP contribution in [0, 0.1) is 0 Å². The Morgan fingerprint density at radius 3 is 2.60 bits per heavy atom. The Morgan fingerprint density at radius 2 is 2.07 bits per heavy atom. The molecule has 0 aliphatic carbocycles. The van der Waals surface area contributed by atoms with Crippen molar-refractivity contribution in [3.63, 3.8) is 0 Å². The van der Waals surface area contributed by atoms with Crippen LogP contribution in [0.2, 0.25) is 0 Å². The van der Waals surface area contributed by atoms with Crippen LogP contribution in [0.5, 0.6) is 0 Å². The highest BCUT2D eigenvalue weighted by Crippen LogP contribution is 2.18. The second-order valence-electron chi connectivity index (χ2n) is 3.16. The van der Waals surface area contributed by atoms with Crippen molar-refractivity contribution in [3.05, 3.63) is 48.9 Å². The van der Waals surface area contributed by atoms with Crippen molar-refractivity contribution in [2.24, 2.45) is 0 Å². The van der Waals surface area contributed by atoms with E-state index >= 15 is 0 Å². The molecule has 0 atom stereocenters. The van der Waals surface area contributed by atoms with Crippen LogP contribution in [-0.4, -0.2) is 14.7 Å². The van der Waals surface area contributed by atoms with Gasteiger partial charge in [-0.15, -0.1) is 0 Å². The van der Waals surface area contributed by atoms with Gasteiger partial charge in [0.25, 0.3) is 0 Å². The van der Waals surface area contributed by atoms with Crippen LogP contribution < -0.4 is 0 Å². The predicted octanol–water partition coefficient (Wildman–Crippen LogP) is 2.14. The molecule has 2 rings (SSSR count). The number of imidazole rings is 1. The molecular formula is C12H12N2O. The van der Waals surface area contributed by atoms with E-state index in [0.29, 0.717) is 5.82 Å². The highest BCUT2D eigenvalue weighted by atomic mass is 16.3. The maximum absolute atomic E-state index is 9.08. The Kier molecular flexibility index (Phi) is 2.65. The molecule has 0 amide bonds. The number of aliphatic hydroxyl groups is 1. The molecule has 1 aromatic carbocycles. The topological polar surface area (TPSA) is 38.0 Å². The third-order valence-electron chi connectivity index (χ3n) is 2.22. The number of aromatic nitrogens is 2. The van der Waals surface area contributed by atoms with Crippen molar-refractivity contribution >= 4 is 6.20 Å². The van der Waals surface area contributed by atoms with Gasteiger partial charge in [-0.1, -0.05) is 36.9 Å². The van der Waals surface area contributed by atoms with Crippen LogP contribution in [0.25, 0.3) is 17.5 Å². The first-order valence-corrected chi connectivity index (χ1v) is 4.71. The summed E-state index contributed by atoms with van der Waals surface area (Å²) in [6.45, 7) is 3.57. The van der Waals surface area contributed by atoms with E-state index in [4.69, 9.17) is 5.11 Å². The summed E-state index contributed by atoms with van der Waals surface area (Å²) in [6, 6.07) is 9.84. The Labute approximate surface area is 88.3 Å². The van der Waals surface area contributed by atoms with Gasteiger partial charge in [-0.25, -0.2) is 4.98 Å². The van der Waals surface area contributed by atoms with Crippen molar-refractivity contribution in [3.8, 4) is 11.3 Å². The van der Waals surface area contributed by atoms with E-state index < -0.39 is 0 Å². The van der Waals surface area contributed by atoms with Crippen molar-refractivity contribution in [1.82, 2.24) is 9.55 Å². The van der Waals surface area contributed by atoms with Gasteiger partial charge in [0.2, 0.25) is 0 Å². The summed E-state index contributed by atoms with van der Waals surface area (Å²) >= 11 is 0. The van der Waals surface area contributed by atoms with Gasteiger partial charge >= 0.3 is 0 Å². The molecule has 2 aromatic rings. The fourth-order valence-corrected chi connectivity index (χ4v) is 1.45. The van der Waals surface area contributed by atoms with E-state index in [9.17, 15) is 0 Å². The molecule has 1 aromatic heterocycles. The smallest absolute Gasteiger partial charge is 0.139 e. The lowest BCUT2D eigenvalue weighted by atomic mass is 10.2. The van der Waals surface area contributed by atoms with Gasteiger partial charge in [0.15, 0.2) is 0 Å². The summed E-state index contributed by atoms with van der Waals surface area (Å²) in [5.41, 5.74) is 1.88. The fourth-order valence-electron chi connectivity index (χ4n) is 1.45. The molecule has 0 saturated carbocycles. The molecule has 3 nitrogen and oxygen atoms in total. The van der Waals surface area contributed by atoms with Gasteiger partial charge in [-0.2, -0.15) is 0 Å². The number of hydrogen-bond donors (Lipinski definition) is 1. The molecule has 0 radical (unpaired) electrons. The van der Waals surface area contributed by atoms with Gasteiger partial charge < -0.3 is 9.67 Å². The summed E-state index contributed by atoms with van der Waals surface area (Å²) in [5.74, 6) is 0.601. The van der Waals surface area contributed by atoms with Gasteiger partial charge in [0, 0.05) is 18.0 Å². The average Bonchev–Trinajstić information content (AvgIpc) is 2.73. The van der Waals surface area contributed by atoms with Crippen LogP contribution in [0.1, 0.15) is 5.82 Å². The lowest BCUT2D eigenvalue weighted by molar-refractivity contribution is 0.270. The first-order chi connectivity index (χ1) is 7.35. The lowest BCUT2D eigenvalue weighted by Crippen LogP contribution is -1.93. The summed E-state index contributed by atoms with van der Waals surface area (Å²) in [4.78, 5) is 4.31.